The van der Waals surface area contributed by atoms with Crippen molar-refractivity contribution in [3.8, 4) is 0 Å². The Bertz CT molecular complexity index is 802. The monoisotopic (exact) mass is 328 g/mol. The zero-order chi connectivity index (χ0) is 16.4. The van der Waals surface area contributed by atoms with Crippen molar-refractivity contribution >= 4 is 15.7 Å². The molecule has 0 radical (unpaired) electrons. The van der Waals surface area contributed by atoms with Crippen molar-refractivity contribution in [2.75, 3.05) is 0 Å². The van der Waals surface area contributed by atoms with Gasteiger partial charge in [0.25, 0.3) is 10.0 Å². The van der Waals surface area contributed by atoms with Gasteiger partial charge >= 0.3 is 0 Å². The molecule has 1 aromatic rings. The number of nitrogens with zero attached hydrogens (tertiary/aromatic N) is 1. The quantitative estimate of drug-likeness (QED) is 0.684. The van der Waals surface area contributed by atoms with Gasteiger partial charge in [0.2, 0.25) is 0 Å². The van der Waals surface area contributed by atoms with Gasteiger partial charge < -0.3 is 0 Å². The van der Waals surface area contributed by atoms with Crippen LogP contribution in [0.4, 0.5) is 0 Å². The molecule has 0 saturated carbocycles. The Morgan fingerprint density at radius 2 is 1.70 bits per heavy atom. The molecule has 4 rings (SSSR count). The van der Waals surface area contributed by atoms with Crippen LogP contribution in [0.15, 0.2) is 70.7 Å². The van der Waals surface area contributed by atoms with Gasteiger partial charge in [0, 0.05) is 17.8 Å². The Balaban J connectivity index is 1.87. The fraction of sp³-hybridized carbons (Fsp3) is 0.278. The molecule has 0 aromatic heterocycles. The van der Waals surface area contributed by atoms with E-state index in [4.69, 9.17) is 0 Å². The number of allylic oxidation sites excluding steroid dienone is 6. The number of rotatable bonds is 3. The van der Waals surface area contributed by atoms with E-state index in [1.54, 1.807) is 24.3 Å². The van der Waals surface area contributed by atoms with Crippen LogP contribution in [-0.4, -0.2) is 14.1 Å². The lowest BCUT2D eigenvalue weighted by Gasteiger charge is -2.29. The van der Waals surface area contributed by atoms with Crippen molar-refractivity contribution in [1.82, 2.24) is 4.83 Å². The third kappa shape index (κ3) is 3.29. The molecule has 5 heteroatoms. The van der Waals surface area contributed by atoms with Gasteiger partial charge in [-0.05, 0) is 19.1 Å². The lowest BCUT2D eigenvalue weighted by molar-refractivity contribution is 0.577. The topological polar surface area (TPSA) is 58.5 Å². The maximum atomic E-state index is 12.4. The van der Waals surface area contributed by atoms with Crippen LogP contribution in [0.2, 0.25) is 0 Å². The molecule has 0 heterocycles. The molecule has 0 spiro atoms. The van der Waals surface area contributed by atoms with Gasteiger partial charge in [0.1, 0.15) is 0 Å². The largest absolute Gasteiger partial charge is 0.276 e. The first-order valence-electron chi connectivity index (χ1n) is 7.66. The molecular formula is C18H20N2O2S. The summed E-state index contributed by atoms with van der Waals surface area (Å²) in [6.45, 7) is 3.99. The summed E-state index contributed by atoms with van der Waals surface area (Å²) in [5.74, 6) is 0.442. The highest BCUT2D eigenvalue weighted by atomic mass is 32.2. The second-order valence-corrected chi connectivity index (χ2v) is 7.65. The standard InChI is InChI=1S/C18H20N2O2S/c1-13-7-11-17(12-8-13)23(21,22)20-19-18-14(2)15-5-3-4-6-16(18)10-9-15/h3-12,14-16,20H,1-2H3/b5-3+,6-4?,19-18+/t14-,15-,16-/m0/s1. The summed E-state index contributed by atoms with van der Waals surface area (Å²) in [5.41, 5.74) is 1.86. The Hall–Kier alpha value is -2.14. The van der Waals surface area contributed by atoms with Crippen LogP contribution in [0.1, 0.15) is 12.5 Å². The van der Waals surface area contributed by atoms with Crippen molar-refractivity contribution < 1.29 is 8.42 Å². The lowest BCUT2D eigenvalue weighted by Crippen LogP contribution is -2.32. The molecule has 3 aliphatic carbocycles. The number of aryl methyl sites for hydroxylation is 1. The maximum Gasteiger partial charge on any atom is 0.276 e. The molecule has 1 aromatic carbocycles. The highest BCUT2D eigenvalue weighted by Gasteiger charge is 2.28. The highest BCUT2D eigenvalue weighted by Crippen LogP contribution is 2.29. The Morgan fingerprint density at radius 1 is 1.00 bits per heavy atom. The molecule has 0 aliphatic heterocycles. The molecule has 0 unspecified atom stereocenters. The molecule has 4 nitrogen and oxygen atoms in total. The third-order valence-corrected chi connectivity index (χ3v) is 5.54. The number of nitrogens with one attached hydrogen (secondary N) is 1. The first kappa shape index (κ1) is 15.7. The molecule has 0 fully saturated rings. The summed E-state index contributed by atoms with van der Waals surface area (Å²) < 4.78 is 24.8. The molecule has 1 N–H and O–H groups in total. The second-order valence-electron chi connectivity index (χ2n) is 5.99. The Morgan fingerprint density at radius 3 is 2.43 bits per heavy atom. The maximum absolute atomic E-state index is 12.4. The first-order chi connectivity index (χ1) is 11.0. The molecule has 23 heavy (non-hydrogen) atoms. The molecule has 0 amide bonds. The second kappa shape index (κ2) is 6.16. The number of benzene rings is 1. The fourth-order valence-electron chi connectivity index (χ4n) is 2.84. The van der Waals surface area contributed by atoms with Crippen LogP contribution in [0, 0.1) is 24.7 Å². The normalized spacial score (nSPS) is 29.3. The van der Waals surface area contributed by atoms with E-state index < -0.39 is 10.0 Å². The van der Waals surface area contributed by atoms with E-state index in [9.17, 15) is 8.42 Å². The van der Waals surface area contributed by atoms with Gasteiger partial charge in [0.05, 0.1) is 10.6 Å². The van der Waals surface area contributed by atoms with E-state index >= 15 is 0 Å². The van der Waals surface area contributed by atoms with Crippen LogP contribution in [-0.2, 0) is 10.0 Å². The van der Waals surface area contributed by atoms with Crippen molar-refractivity contribution in [3.05, 3.63) is 66.3 Å². The minimum Gasteiger partial charge on any atom is -0.200 e. The summed E-state index contributed by atoms with van der Waals surface area (Å²) in [6, 6.07) is 6.74. The minimum atomic E-state index is -3.64. The summed E-state index contributed by atoms with van der Waals surface area (Å²) >= 11 is 0. The molecule has 2 bridgehead atoms. The molecule has 120 valence electrons. The number of fused-ring (bicyclic) bond motifs is 2. The highest BCUT2D eigenvalue weighted by molar-refractivity contribution is 7.89. The van der Waals surface area contributed by atoms with E-state index in [0.29, 0.717) is 0 Å². The predicted molar refractivity (Wildman–Crippen MR) is 92.5 cm³/mol. The van der Waals surface area contributed by atoms with E-state index in [1.165, 1.54) is 0 Å². The van der Waals surface area contributed by atoms with Gasteiger partial charge in [-0.3, -0.25) is 0 Å². The van der Waals surface area contributed by atoms with Crippen molar-refractivity contribution in [2.24, 2.45) is 22.9 Å². The fourth-order valence-corrected chi connectivity index (χ4v) is 3.67. The minimum absolute atomic E-state index is 0.0342. The van der Waals surface area contributed by atoms with Crippen LogP contribution < -0.4 is 4.83 Å². The zero-order valence-electron chi connectivity index (χ0n) is 13.2. The number of hydrazone groups is 1. The van der Waals surface area contributed by atoms with Crippen LogP contribution in [0.5, 0.6) is 0 Å². The average Bonchev–Trinajstić information content (AvgIpc) is 2.48. The number of sulfonamides is 1. The smallest absolute Gasteiger partial charge is 0.200 e. The van der Waals surface area contributed by atoms with E-state index in [2.05, 4.69) is 35.1 Å². The van der Waals surface area contributed by atoms with Gasteiger partial charge in [0.15, 0.2) is 0 Å². The molecular weight excluding hydrogens is 308 g/mol. The summed E-state index contributed by atoms with van der Waals surface area (Å²) in [5, 5.41) is 4.26. The third-order valence-electron chi connectivity index (χ3n) is 4.32. The number of hydrogen-bond acceptors (Lipinski definition) is 3. The van der Waals surface area contributed by atoms with Gasteiger partial charge in [-0.15, -0.1) is 0 Å². The molecule has 0 saturated heterocycles. The zero-order valence-corrected chi connectivity index (χ0v) is 14.0. The predicted octanol–water partition coefficient (Wildman–Crippen LogP) is 3.19. The van der Waals surface area contributed by atoms with Crippen molar-refractivity contribution in [1.29, 1.82) is 0 Å². The van der Waals surface area contributed by atoms with Crippen molar-refractivity contribution in [3.63, 3.8) is 0 Å². The van der Waals surface area contributed by atoms with Gasteiger partial charge in [-0.2, -0.15) is 13.5 Å². The van der Waals surface area contributed by atoms with Gasteiger partial charge in [-0.1, -0.05) is 61.1 Å². The van der Waals surface area contributed by atoms with E-state index in [1.807, 2.05) is 25.2 Å². The Kier molecular flexibility index (Phi) is 4.22. The van der Waals surface area contributed by atoms with E-state index in [0.717, 1.165) is 11.3 Å². The summed E-state index contributed by atoms with van der Waals surface area (Å²) in [6.07, 6.45) is 12.4. The first-order valence-corrected chi connectivity index (χ1v) is 9.15. The molecule has 3 atom stereocenters. The van der Waals surface area contributed by atoms with Crippen LogP contribution in [0.3, 0.4) is 0 Å². The summed E-state index contributed by atoms with van der Waals surface area (Å²) in [7, 11) is -3.64. The van der Waals surface area contributed by atoms with Gasteiger partial charge in [-0.25, -0.2) is 4.83 Å². The van der Waals surface area contributed by atoms with E-state index in [-0.39, 0.29) is 22.6 Å². The van der Waals surface area contributed by atoms with Crippen LogP contribution >= 0.6 is 0 Å². The molecule has 3 aliphatic rings. The van der Waals surface area contributed by atoms with Crippen molar-refractivity contribution in [2.45, 2.75) is 18.7 Å². The number of hydrogen-bond donors (Lipinski definition) is 1. The average molecular weight is 328 g/mol. The SMILES string of the molecule is Cc1ccc(S(=O)(=O)N/N=C2/[C@H]3C=C/C=C/[C@@H](C=C3)[C@@H]2C)cc1. The van der Waals surface area contributed by atoms with Crippen LogP contribution in [0.25, 0.3) is 0 Å². The lowest BCUT2D eigenvalue weighted by atomic mass is 9.77. The Labute approximate surface area is 137 Å². The summed E-state index contributed by atoms with van der Waals surface area (Å²) in [4.78, 5) is 2.62.